The van der Waals surface area contributed by atoms with Gasteiger partial charge in [-0.3, -0.25) is 0 Å². The van der Waals surface area contributed by atoms with Gasteiger partial charge in [0.25, 0.3) is 0 Å². The molecule has 0 aliphatic carbocycles. The van der Waals surface area contributed by atoms with Crippen molar-refractivity contribution >= 4 is 17.2 Å². The molecule has 2 aromatic heterocycles. The van der Waals surface area contributed by atoms with Crippen molar-refractivity contribution in [3.8, 4) is 6.07 Å². The monoisotopic (exact) mass is 257 g/mol. The molecular formula is C14H15N3S. The van der Waals surface area contributed by atoms with Crippen LogP contribution in [0.2, 0.25) is 0 Å². The Hall–Kier alpha value is -1.86. The van der Waals surface area contributed by atoms with Gasteiger partial charge in [-0.25, -0.2) is 4.98 Å². The van der Waals surface area contributed by atoms with Gasteiger partial charge < -0.3 is 5.32 Å². The molecule has 1 atom stereocenters. The third-order valence-corrected chi connectivity index (χ3v) is 3.76. The molecule has 18 heavy (non-hydrogen) atoms. The second-order valence-corrected chi connectivity index (χ2v) is 5.71. The topological polar surface area (TPSA) is 48.7 Å². The first-order chi connectivity index (χ1) is 8.60. The molecule has 0 spiro atoms. The Morgan fingerprint density at radius 1 is 1.39 bits per heavy atom. The highest BCUT2D eigenvalue weighted by atomic mass is 32.1. The molecule has 0 aliphatic rings. The lowest BCUT2D eigenvalue weighted by atomic mass is 10.1. The molecule has 3 nitrogen and oxygen atoms in total. The number of thiophene rings is 1. The second kappa shape index (κ2) is 5.19. The minimum absolute atomic E-state index is 0.191. The van der Waals surface area contributed by atoms with Gasteiger partial charge in [-0.05, 0) is 44.5 Å². The summed E-state index contributed by atoms with van der Waals surface area (Å²) >= 11 is 1.80. The summed E-state index contributed by atoms with van der Waals surface area (Å²) in [4.78, 5) is 6.86. The number of nitrogens with one attached hydrogen (secondary N) is 1. The third-order valence-electron chi connectivity index (χ3n) is 2.77. The zero-order chi connectivity index (χ0) is 13.1. The number of anilines is 1. The highest BCUT2D eigenvalue weighted by Gasteiger charge is 2.11. The van der Waals surface area contributed by atoms with Gasteiger partial charge in [-0.15, -0.1) is 11.3 Å². The molecule has 0 saturated heterocycles. The van der Waals surface area contributed by atoms with Crippen LogP contribution in [-0.4, -0.2) is 4.98 Å². The predicted molar refractivity (Wildman–Crippen MR) is 74.8 cm³/mol. The molecule has 0 fully saturated rings. The largest absolute Gasteiger partial charge is 0.363 e. The minimum Gasteiger partial charge on any atom is -0.363 e. The van der Waals surface area contributed by atoms with Crippen LogP contribution in [0.25, 0.3) is 0 Å². The number of hydrogen-bond donors (Lipinski definition) is 1. The van der Waals surface area contributed by atoms with E-state index in [1.54, 1.807) is 17.4 Å². The maximum absolute atomic E-state index is 8.82. The molecule has 2 aromatic rings. The van der Waals surface area contributed by atoms with E-state index in [1.165, 1.54) is 15.3 Å². The average molecular weight is 257 g/mol. The molecule has 0 amide bonds. The van der Waals surface area contributed by atoms with Crippen molar-refractivity contribution in [2.45, 2.75) is 26.8 Å². The van der Waals surface area contributed by atoms with Crippen LogP contribution in [-0.2, 0) is 0 Å². The molecule has 1 unspecified atom stereocenters. The zero-order valence-electron chi connectivity index (χ0n) is 10.7. The normalized spacial score (nSPS) is 11.9. The Balaban J connectivity index is 2.18. The summed E-state index contributed by atoms with van der Waals surface area (Å²) in [6.45, 7) is 6.35. The van der Waals surface area contributed by atoms with Crippen molar-refractivity contribution in [2.24, 2.45) is 0 Å². The van der Waals surface area contributed by atoms with Gasteiger partial charge in [0.05, 0.1) is 6.04 Å². The van der Waals surface area contributed by atoms with E-state index in [0.717, 1.165) is 5.82 Å². The molecule has 0 saturated carbocycles. The van der Waals surface area contributed by atoms with Crippen LogP contribution in [0.3, 0.4) is 0 Å². The van der Waals surface area contributed by atoms with Crippen molar-refractivity contribution in [3.05, 3.63) is 45.3 Å². The molecule has 2 heterocycles. The standard InChI is InChI=1S/C14H15N3S/c1-9-7-13(11(3)18-9)10(2)16-14-6-4-5-12(8-15)17-14/h4-7,10H,1-3H3,(H,16,17). The van der Waals surface area contributed by atoms with E-state index in [-0.39, 0.29) is 6.04 Å². The second-order valence-electron chi connectivity index (χ2n) is 4.25. The van der Waals surface area contributed by atoms with Gasteiger partial charge in [0.15, 0.2) is 0 Å². The Kier molecular flexibility index (Phi) is 3.63. The van der Waals surface area contributed by atoms with Gasteiger partial charge in [-0.2, -0.15) is 5.26 Å². The number of pyridine rings is 1. The lowest BCUT2D eigenvalue weighted by Crippen LogP contribution is -2.08. The van der Waals surface area contributed by atoms with E-state index >= 15 is 0 Å². The Bertz CT molecular complexity index is 595. The van der Waals surface area contributed by atoms with E-state index in [1.807, 2.05) is 18.2 Å². The van der Waals surface area contributed by atoms with Gasteiger partial charge in [-0.1, -0.05) is 6.07 Å². The van der Waals surface area contributed by atoms with E-state index in [9.17, 15) is 0 Å². The highest BCUT2D eigenvalue weighted by Crippen LogP contribution is 2.28. The molecule has 92 valence electrons. The van der Waals surface area contributed by atoms with E-state index in [4.69, 9.17) is 5.26 Å². The maximum Gasteiger partial charge on any atom is 0.142 e. The lowest BCUT2D eigenvalue weighted by molar-refractivity contribution is 0.871. The number of rotatable bonds is 3. The van der Waals surface area contributed by atoms with Gasteiger partial charge in [0.1, 0.15) is 17.6 Å². The summed E-state index contributed by atoms with van der Waals surface area (Å²) < 4.78 is 0. The molecular weight excluding hydrogens is 242 g/mol. The Morgan fingerprint density at radius 3 is 2.78 bits per heavy atom. The molecule has 4 heteroatoms. The molecule has 1 N–H and O–H groups in total. The van der Waals surface area contributed by atoms with Crippen molar-refractivity contribution in [3.63, 3.8) is 0 Å². The maximum atomic E-state index is 8.82. The SMILES string of the molecule is Cc1cc(C(C)Nc2cccc(C#N)n2)c(C)s1. The van der Waals surface area contributed by atoms with Crippen molar-refractivity contribution in [1.29, 1.82) is 5.26 Å². The smallest absolute Gasteiger partial charge is 0.142 e. The molecule has 0 bridgehead atoms. The van der Waals surface area contributed by atoms with Crippen LogP contribution in [0.15, 0.2) is 24.3 Å². The van der Waals surface area contributed by atoms with Gasteiger partial charge in [0, 0.05) is 9.75 Å². The van der Waals surface area contributed by atoms with Crippen LogP contribution < -0.4 is 5.32 Å². The van der Waals surface area contributed by atoms with Crippen LogP contribution in [0.4, 0.5) is 5.82 Å². The fourth-order valence-electron chi connectivity index (χ4n) is 1.96. The first-order valence-electron chi connectivity index (χ1n) is 5.81. The number of nitriles is 1. The Morgan fingerprint density at radius 2 is 2.17 bits per heavy atom. The van der Waals surface area contributed by atoms with Crippen molar-refractivity contribution in [1.82, 2.24) is 4.98 Å². The number of aryl methyl sites for hydroxylation is 2. The fraction of sp³-hybridized carbons (Fsp3) is 0.286. The van der Waals surface area contributed by atoms with Gasteiger partial charge in [0.2, 0.25) is 0 Å². The molecule has 2 rings (SSSR count). The lowest BCUT2D eigenvalue weighted by Gasteiger charge is -2.14. The predicted octanol–water partition coefficient (Wildman–Crippen LogP) is 3.80. The van der Waals surface area contributed by atoms with E-state index in [0.29, 0.717) is 5.69 Å². The molecule has 0 aromatic carbocycles. The van der Waals surface area contributed by atoms with Crippen LogP contribution in [0.1, 0.15) is 34.0 Å². The Labute approximate surface area is 111 Å². The first kappa shape index (κ1) is 12.6. The van der Waals surface area contributed by atoms with Gasteiger partial charge >= 0.3 is 0 Å². The minimum atomic E-state index is 0.191. The van der Waals surface area contributed by atoms with E-state index in [2.05, 4.69) is 37.1 Å². The summed E-state index contributed by atoms with van der Waals surface area (Å²) in [5, 5.41) is 12.2. The highest BCUT2D eigenvalue weighted by molar-refractivity contribution is 7.12. The summed E-state index contributed by atoms with van der Waals surface area (Å²) in [5.41, 5.74) is 1.73. The van der Waals surface area contributed by atoms with Crippen molar-refractivity contribution < 1.29 is 0 Å². The number of hydrogen-bond acceptors (Lipinski definition) is 4. The average Bonchev–Trinajstić information content (AvgIpc) is 2.69. The summed E-state index contributed by atoms with van der Waals surface area (Å²) in [6, 6.07) is 9.86. The third kappa shape index (κ3) is 2.69. The van der Waals surface area contributed by atoms with Crippen LogP contribution in [0, 0.1) is 25.2 Å². The van der Waals surface area contributed by atoms with Crippen molar-refractivity contribution in [2.75, 3.05) is 5.32 Å². The van der Waals surface area contributed by atoms with Crippen LogP contribution >= 0.6 is 11.3 Å². The molecule has 0 aliphatic heterocycles. The summed E-state index contributed by atoms with van der Waals surface area (Å²) in [5.74, 6) is 0.741. The fourth-order valence-corrected chi connectivity index (χ4v) is 2.98. The number of aromatic nitrogens is 1. The van der Waals surface area contributed by atoms with E-state index < -0.39 is 0 Å². The zero-order valence-corrected chi connectivity index (χ0v) is 11.5. The quantitative estimate of drug-likeness (QED) is 0.909. The molecule has 0 radical (unpaired) electrons. The number of nitrogens with zero attached hydrogens (tertiary/aromatic N) is 2. The van der Waals surface area contributed by atoms with Crippen LogP contribution in [0.5, 0.6) is 0 Å². The summed E-state index contributed by atoms with van der Waals surface area (Å²) in [7, 11) is 0. The first-order valence-corrected chi connectivity index (χ1v) is 6.62. The summed E-state index contributed by atoms with van der Waals surface area (Å²) in [6.07, 6.45) is 0.